The number of phenols is 1. The average Bonchev–Trinajstić information content (AvgIpc) is 2.69. The van der Waals surface area contributed by atoms with E-state index in [-0.39, 0.29) is 22.7 Å². The first-order valence-corrected chi connectivity index (χ1v) is 6.49. The molecule has 0 saturated heterocycles. The molecule has 0 atom stereocenters. The van der Waals surface area contributed by atoms with E-state index in [9.17, 15) is 5.11 Å². The molecular weight excluding hydrogens is 322 g/mol. The normalized spacial score (nSPS) is 15.2. The smallest absolute Gasteiger partial charge is 0.161 e. The summed E-state index contributed by atoms with van der Waals surface area (Å²) in [5, 5.41) is 13.7. The largest absolute Gasteiger partial charge is 0.504 e. The molecule has 0 spiro atoms. The minimum atomic E-state index is 0. The fourth-order valence-corrected chi connectivity index (χ4v) is 1.92. The number of benzene rings is 1. The van der Waals surface area contributed by atoms with Gasteiger partial charge in [-0.1, -0.05) is 6.42 Å². The lowest BCUT2D eigenvalue weighted by Crippen LogP contribution is -2.17. The predicted molar refractivity (Wildman–Crippen MR) is 86.5 cm³/mol. The maximum absolute atomic E-state index is 9.49. The van der Waals surface area contributed by atoms with Crippen molar-refractivity contribution in [1.29, 1.82) is 0 Å². The number of ether oxygens (including phenoxy) is 1. The van der Waals surface area contributed by atoms with Crippen molar-refractivity contribution in [2.45, 2.75) is 25.7 Å². The molecule has 1 aromatic carbocycles. The second-order valence-electron chi connectivity index (χ2n) is 4.44. The average molecular weight is 342 g/mol. The van der Waals surface area contributed by atoms with Crippen LogP contribution in [0.3, 0.4) is 0 Å². The van der Waals surface area contributed by atoms with Crippen molar-refractivity contribution < 1.29 is 9.84 Å². The highest BCUT2D eigenvalue weighted by Gasteiger charge is 2.03. The first-order chi connectivity index (χ1) is 9.29. The number of amidine groups is 1. The van der Waals surface area contributed by atoms with Crippen molar-refractivity contribution in [2.75, 3.05) is 13.7 Å². The summed E-state index contributed by atoms with van der Waals surface area (Å²) in [4.78, 5) is 4.43. The lowest BCUT2D eigenvalue weighted by molar-refractivity contribution is 0.373. The number of halogens is 1. The Bertz CT molecular complexity index is 489. The van der Waals surface area contributed by atoms with Gasteiger partial charge in [-0.3, -0.25) is 10.4 Å². The fourth-order valence-electron chi connectivity index (χ4n) is 1.92. The van der Waals surface area contributed by atoms with E-state index in [1.807, 2.05) is 0 Å². The molecule has 0 bridgehead atoms. The molecule has 2 N–H and O–H groups in total. The molecule has 110 valence electrons. The van der Waals surface area contributed by atoms with Crippen molar-refractivity contribution >= 4 is 29.0 Å². The van der Waals surface area contributed by atoms with Crippen molar-refractivity contribution in [1.82, 2.24) is 5.43 Å². The van der Waals surface area contributed by atoms with E-state index in [0.29, 0.717) is 5.75 Å². The SMILES string of the molecule is Br.COc1cc(C=NNC2=NCCCCC2)ccc1O. The van der Waals surface area contributed by atoms with Crippen molar-refractivity contribution in [3.63, 3.8) is 0 Å². The molecule has 1 heterocycles. The summed E-state index contributed by atoms with van der Waals surface area (Å²) in [6, 6.07) is 5.09. The Kier molecular flexibility index (Phi) is 7.08. The third-order valence-corrected chi connectivity index (χ3v) is 2.99. The number of nitrogens with one attached hydrogen (secondary N) is 1. The van der Waals surface area contributed by atoms with Gasteiger partial charge in [-0.25, -0.2) is 0 Å². The number of hydrogen-bond donors (Lipinski definition) is 2. The third kappa shape index (κ3) is 4.85. The molecule has 0 fully saturated rings. The number of methoxy groups -OCH3 is 1. The highest BCUT2D eigenvalue weighted by atomic mass is 79.9. The summed E-state index contributed by atoms with van der Waals surface area (Å²) in [7, 11) is 1.52. The van der Waals surface area contributed by atoms with E-state index >= 15 is 0 Å². The quantitative estimate of drug-likeness (QED) is 0.656. The topological polar surface area (TPSA) is 66.2 Å². The highest BCUT2D eigenvalue weighted by Crippen LogP contribution is 2.25. The highest BCUT2D eigenvalue weighted by molar-refractivity contribution is 8.93. The van der Waals surface area contributed by atoms with Crippen LogP contribution in [0.25, 0.3) is 0 Å². The van der Waals surface area contributed by atoms with E-state index < -0.39 is 0 Å². The molecule has 0 radical (unpaired) electrons. The van der Waals surface area contributed by atoms with Gasteiger partial charge in [-0.15, -0.1) is 17.0 Å². The van der Waals surface area contributed by atoms with Gasteiger partial charge in [0.15, 0.2) is 11.5 Å². The van der Waals surface area contributed by atoms with E-state index in [0.717, 1.165) is 37.2 Å². The van der Waals surface area contributed by atoms with Gasteiger partial charge in [0, 0.05) is 13.0 Å². The van der Waals surface area contributed by atoms with Gasteiger partial charge >= 0.3 is 0 Å². The van der Waals surface area contributed by atoms with Crippen LogP contribution in [0.1, 0.15) is 31.2 Å². The second kappa shape index (κ2) is 8.58. The maximum atomic E-state index is 9.49. The Labute approximate surface area is 129 Å². The lowest BCUT2D eigenvalue weighted by Gasteiger charge is -2.04. The summed E-state index contributed by atoms with van der Waals surface area (Å²) in [6.07, 6.45) is 6.19. The maximum Gasteiger partial charge on any atom is 0.161 e. The molecule has 0 unspecified atom stereocenters. The summed E-state index contributed by atoms with van der Waals surface area (Å²) in [6.45, 7) is 0.880. The third-order valence-electron chi connectivity index (χ3n) is 2.99. The van der Waals surface area contributed by atoms with Crippen LogP contribution in [-0.4, -0.2) is 30.8 Å². The fraction of sp³-hybridized carbons (Fsp3) is 0.429. The zero-order valence-corrected chi connectivity index (χ0v) is 13.2. The van der Waals surface area contributed by atoms with Crippen LogP contribution in [0.15, 0.2) is 28.3 Å². The zero-order valence-electron chi connectivity index (χ0n) is 11.5. The zero-order chi connectivity index (χ0) is 13.5. The number of nitrogens with zero attached hydrogens (tertiary/aromatic N) is 2. The van der Waals surface area contributed by atoms with Crippen LogP contribution in [-0.2, 0) is 0 Å². The van der Waals surface area contributed by atoms with Crippen LogP contribution in [0.5, 0.6) is 11.5 Å². The molecule has 20 heavy (non-hydrogen) atoms. The van der Waals surface area contributed by atoms with Gasteiger partial charge in [-0.05, 0) is 36.6 Å². The molecule has 1 aliphatic heterocycles. The molecule has 5 nitrogen and oxygen atoms in total. The molecule has 1 aliphatic rings. The molecule has 6 heteroatoms. The minimum absolute atomic E-state index is 0. The minimum Gasteiger partial charge on any atom is -0.504 e. The molecule has 0 aliphatic carbocycles. The van der Waals surface area contributed by atoms with Gasteiger partial charge < -0.3 is 9.84 Å². The van der Waals surface area contributed by atoms with Gasteiger partial charge in [0.2, 0.25) is 0 Å². The van der Waals surface area contributed by atoms with Crippen LogP contribution < -0.4 is 10.2 Å². The molecular formula is C14H20BrN3O2. The molecule has 0 amide bonds. The van der Waals surface area contributed by atoms with Crippen LogP contribution in [0.2, 0.25) is 0 Å². The molecule has 0 saturated carbocycles. The standard InChI is InChI=1S/C14H19N3O2.BrH/c1-19-13-9-11(6-7-12(13)18)10-16-17-14-5-3-2-4-8-15-14;/h6-7,9-10,18H,2-5,8H2,1H3,(H,15,17);1H. The Hall–Kier alpha value is -1.56. The number of phenolic OH excluding ortho intramolecular Hbond substituents is 1. The van der Waals surface area contributed by atoms with Crippen molar-refractivity contribution in [3.8, 4) is 11.5 Å². The van der Waals surface area contributed by atoms with Crippen LogP contribution in [0.4, 0.5) is 0 Å². The Balaban J connectivity index is 0.00000200. The number of hydrazone groups is 1. The monoisotopic (exact) mass is 341 g/mol. The van der Waals surface area contributed by atoms with Crippen molar-refractivity contribution in [3.05, 3.63) is 23.8 Å². The van der Waals surface area contributed by atoms with E-state index in [4.69, 9.17) is 4.74 Å². The molecule has 0 aromatic heterocycles. The van der Waals surface area contributed by atoms with Gasteiger partial charge in [0.1, 0.15) is 5.84 Å². The van der Waals surface area contributed by atoms with Crippen LogP contribution >= 0.6 is 17.0 Å². The predicted octanol–water partition coefficient (Wildman–Crippen LogP) is 2.87. The van der Waals surface area contributed by atoms with E-state index in [1.54, 1.807) is 24.4 Å². The van der Waals surface area contributed by atoms with Gasteiger partial charge in [0.05, 0.1) is 13.3 Å². The molecule has 2 rings (SSSR count). The first-order valence-electron chi connectivity index (χ1n) is 6.49. The second-order valence-corrected chi connectivity index (χ2v) is 4.44. The Morgan fingerprint density at radius 2 is 2.20 bits per heavy atom. The summed E-state index contributed by atoms with van der Waals surface area (Å²) < 4.78 is 5.04. The number of aliphatic imine (C=N–C) groups is 1. The van der Waals surface area contributed by atoms with E-state index in [1.165, 1.54) is 13.5 Å². The number of hydrogen-bond acceptors (Lipinski definition) is 5. The van der Waals surface area contributed by atoms with Gasteiger partial charge in [0.25, 0.3) is 0 Å². The number of aromatic hydroxyl groups is 1. The number of rotatable bonds is 3. The summed E-state index contributed by atoms with van der Waals surface area (Å²) >= 11 is 0. The summed E-state index contributed by atoms with van der Waals surface area (Å²) in [5.41, 5.74) is 3.84. The lowest BCUT2D eigenvalue weighted by atomic mass is 10.2. The Morgan fingerprint density at radius 3 is 3.00 bits per heavy atom. The van der Waals surface area contributed by atoms with E-state index in [2.05, 4.69) is 15.5 Å². The Morgan fingerprint density at radius 1 is 1.35 bits per heavy atom. The molecule has 1 aromatic rings. The van der Waals surface area contributed by atoms with Crippen LogP contribution in [0, 0.1) is 0 Å². The summed E-state index contributed by atoms with van der Waals surface area (Å²) in [5.74, 6) is 1.51. The van der Waals surface area contributed by atoms with Gasteiger partial charge in [-0.2, -0.15) is 5.10 Å². The van der Waals surface area contributed by atoms with Crippen molar-refractivity contribution in [2.24, 2.45) is 10.1 Å². The first kappa shape index (κ1) is 16.5.